The van der Waals surface area contributed by atoms with Crippen LogP contribution in [0.5, 0.6) is 0 Å². The molecular formula is C20H32F3N5O. The maximum absolute atomic E-state index is 13.6. The van der Waals surface area contributed by atoms with Crippen molar-refractivity contribution in [2.45, 2.75) is 53.1 Å². The number of carbonyl (C=O) groups excluding carboxylic acids is 1. The summed E-state index contributed by atoms with van der Waals surface area (Å²) in [7, 11) is 0. The van der Waals surface area contributed by atoms with Crippen LogP contribution in [-0.4, -0.2) is 55.0 Å². The van der Waals surface area contributed by atoms with Gasteiger partial charge in [0.05, 0.1) is 5.69 Å². The summed E-state index contributed by atoms with van der Waals surface area (Å²) in [5.74, 6) is -4.57. The minimum absolute atomic E-state index is 0.294. The Kier molecular flexibility index (Phi) is 10.5. The second-order valence-corrected chi connectivity index (χ2v) is 7.17. The minimum atomic E-state index is -1.63. The van der Waals surface area contributed by atoms with Gasteiger partial charge in [0.15, 0.2) is 23.4 Å². The second kappa shape index (κ2) is 12.3. The van der Waals surface area contributed by atoms with Gasteiger partial charge in [-0.1, -0.05) is 0 Å². The van der Waals surface area contributed by atoms with Crippen molar-refractivity contribution in [3.8, 4) is 0 Å². The van der Waals surface area contributed by atoms with E-state index in [1.165, 1.54) is 0 Å². The molecule has 6 nitrogen and oxygen atoms in total. The van der Waals surface area contributed by atoms with E-state index in [2.05, 4.69) is 53.5 Å². The molecule has 0 atom stereocenters. The zero-order valence-electron chi connectivity index (χ0n) is 17.8. The van der Waals surface area contributed by atoms with E-state index in [0.29, 0.717) is 31.1 Å². The lowest BCUT2D eigenvalue weighted by Gasteiger charge is -2.30. The third-order valence-electron chi connectivity index (χ3n) is 4.25. The molecule has 0 radical (unpaired) electrons. The molecule has 0 unspecified atom stereocenters. The van der Waals surface area contributed by atoms with Gasteiger partial charge in [0.2, 0.25) is 5.91 Å². The standard InChI is InChI=1S/C20H32F3N5O/c1-6-24-20(25-10-7-11-28(13(2)3)14(4)5)26-12-17(29)27-16-9-8-15(21)18(22)19(16)23/h8-9,13-14H,6-7,10-12H2,1-5H3,(H,27,29)(H2,24,25,26). The largest absolute Gasteiger partial charge is 0.357 e. The van der Waals surface area contributed by atoms with Crippen LogP contribution in [0.1, 0.15) is 41.0 Å². The SMILES string of the molecule is CCNC(=NCC(=O)Nc1ccc(F)c(F)c1F)NCCCN(C(C)C)C(C)C. The number of guanidine groups is 1. The molecule has 0 saturated carbocycles. The number of hydrogen-bond acceptors (Lipinski definition) is 3. The molecular weight excluding hydrogens is 383 g/mol. The Morgan fingerprint density at radius 1 is 1.07 bits per heavy atom. The molecule has 1 aromatic rings. The normalized spacial score (nSPS) is 12.0. The van der Waals surface area contributed by atoms with Gasteiger partial charge in [-0.15, -0.1) is 0 Å². The summed E-state index contributed by atoms with van der Waals surface area (Å²) >= 11 is 0. The predicted octanol–water partition coefficient (Wildman–Crippen LogP) is 3.11. The van der Waals surface area contributed by atoms with E-state index in [1.54, 1.807) is 0 Å². The van der Waals surface area contributed by atoms with Crippen molar-refractivity contribution in [3.63, 3.8) is 0 Å². The van der Waals surface area contributed by atoms with Crippen LogP contribution in [0.25, 0.3) is 0 Å². The van der Waals surface area contributed by atoms with Gasteiger partial charge in [-0.2, -0.15) is 0 Å². The van der Waals surface area contributed by atoms with Crippen LogP contribution < -0.4 is 16.0 Å². The van der Waals surface area contributed by atoms with E-state index >= 15 is 0 Å². The Hall–Kier alpha value is -2.29. The maximum Gasteiger partial charge on any atom is 0.246 e. The highest BCUT2D eigenvalue weighted by Crippen LogP contribution is 2.19. The van der Waals surface area contributed by atoms with E-state index in [-0.39, 0.29) is 6.54 Å². The summed E-state index contributed by atoms with van der Waals surface area (Å²) < 4.78 is 39.8. The number of hydrogen-bond donors (Lipinski definition) is 3. The first-order valence-corrected chi connectivity index (χ1v) is 9.88. The van der Waals surface area contributed by atoms with Crippen molar-refractivity contribution in [2.24, 2.45) is 4.99 Å². The molecule has 0 fully saturated rings. The van der Waals surface area contributed by atoms with Crippen LogP contribution in [0.4, 0.5) is 18.9 Å². The summed E-state index contributed by atoms with van der Waals surface area (Å²) in [5.41, 5.74) is -0.426. The number of rotatable bonds is 10. The summed E-state index contributed by atoms with van der Waals surface area (Å²) in [4.78, 5) is 18.5. The van der Waals surface area contributed by atoms with Crippen molar-refractivity contribution in [3.05, 3.63) is 29.6 Å². The number of anilines is 1. The molecule has 0 aliphatic rings. The van der Waals surface area contributed by atoms with E-state index in [1.807, 2.05) is 6.92 Å². The number of nitrogens with zero attached hydrogens (tertiary/aromatic N) is 2. The zero-order valence-corrected chi connectivity index (χ0v) is 17.8. The van der Waals surface area contributed by atoms with Gasteiger partial charge in [-0.25, -0.2) is 18.2 Å². The highest BCUT2D eigenvalue weighted by Gasteiger charge is 2.15. The van der Waals surface area contributed by atoms with Crippen LogP contribution >= 0.6 is 0 Å². The Morgan fingerprint density at radius 2 is 1.72 bits per heavy atom. The predicted molar refractivity (Wildman–Crippen MR) is 111 cm³/mol. The molecule has 1 amide bonds. The van der Waals surface area contributed by atoms with Crippen molar-refractivity contribution < 1.29 is 18.0 Å². The molecule has 0 heterocycles. The first-order chi connectivity index (χ1) is 13.7. The van der Waals surface area contributed by atoms with Crippen molar-refractivity contribution >= 4 is 17.6 Å². The average molecular weight is 416 g/mol. The molecule has 1 rings (SSSR count). The topological polar surface area (TPSA) is 68.8 Å². The fraction of sp³-hybridized carbons (Fsp3) is 0.600. The molecule has 0 aliphatic heterocycles. The molecule has 9 heteroatoms. The summed E-state index contributed by atoms with van der Waals surface area (Å²) in [5, 5.41) is 8.37. The molecule has 164 valence electrons. The van der Waals surface area contributed by atoms with Gasteiger partial charge in [0.1, 0.15) is 6.54 Å². The molecule has 0 aliphatic carbocycles. The molecule has 3 N–H and O–H groups in total. The monoisotopic (exact) mass is 415 g/mol. The molecule has 29 heavy (non-hydrogen) atoms. The third-order valence-corrected chi connectivity index (χ3v) is 4.25. The second-order valence-electron chi connectivity index (χ2n) is 7.17. The Bertz CT molecular complexity index is 687. The number of nitrogens with one attached hydrogen (secondary N) is 3. The molecule has 0 saturated heterocycles. The van der Waals surface area contributed by atoms with Crippen LogP contribution in [0.15, 0.2) is 17.1 Å². The summed E-state index contributed by atoms with van der Waals surface area (Å²) in [6.07, 6.45) is 0.896. The van der Waals surface area contributed by atoms with Gasteiger partial charge >= 0.3 is 0 Å². The number of aliphatic imine (C=N–C) groups is 1. The fourth-order valence-corrected chi connectivity index (χ4v) is 2.89. The number of halogens is 3. The molecule has 0 aromatic heterocycles. The highest BCUT2D eigenvalue weighted by molar-refractivity contribution is 5.94. The van der Waals surface area contributed by atoms with Crippen molar-refractivity contribution in [1.82, 2.24) is 15.5 Å². The average Bonchev–Trinajstić information content (AvgIpc) is 2.65. The highest BCUT2D eigenvalue weighted by atomic mass is 19.2. The first kappa shape index (κ1) is 24.7. The number of carbonyl (C=O) groups is 1. The summed E-state index contributed by atoms with van der Waals surface area (Å²) in [6.45, 7) is 12.4. The lowest BCUT2D eigenvalue weighted by molar-refractivity contribution is -0.114. The fourth-order valence-electron chi connectivity index (χ4n) is 2.89. The van der Waals surface area contributed by atoms with Gasteiger partial charge in [0.25, 0.3) is 0 Å². The van der Waals surface area contributed by atoms with Crippen LogP contribution in [0, 0.1) is 17.5 Å². The van der Waals surface area contributed by atoms with E-state index in [0.717, 1.165) is 25.1 Å². The Balaban J connectivity index is 2.56. The number of amides is 1. The van der Waals surface area contributed by atoms with Gasteiger partial charge in [-0.3, -0.25) is 9.69 Å². The molecule has 0 spiro atoms. The summed E-state index contributed by atoms with van der Waals surface area (Å²) in [6, 6.07) is 2.63. The van der Waals surface area contributed by atoms with Gasteiger partial charge < -0.3 is 16.0 Å². The van der Waals surface area contributed by atoms with E-state index in [4.69, 9.17) is 0 Å². The quantitative estimate of drug-likeness (QED) is 0.238. The van der Waals surface area contributed by atoms with Gasteiger partial charge in [0, 0.05) is 31.7 Å². The van der Waals surface area contributed by atoms with E-state index < -0.39 is 29.0 Å². The van der Waals surface area contributed by atoms with Crippen molar-refractivity contribution in [2.75, 3.05) is 31.5 Å². The van der Waals surface area contributed by atoms with E-state index in [9.17, 15) is 18.0 Å². The first-order valence-electron chi connectivity index (χ1n) is 9.88. The van der Waals surface area contributed by atoms with Crippen molar-refractivity contribution in [1.29, 1.82) is 0 Å². The van der Waals surface area contributed by atoms with Crippen LogP contribution in [-0.2, 0) is 4.79 Å². The Morgan fingerprint density at radius 3 is 2.31 bits per heavy atom. The molecule has 0 bridgehead atoms. The minimum Gasteiger partial charge on any atom is -0.357 e. The zero-order chi connectivity index (χ0) is 22.0. The number of benzene rings is 1. The van der Waals surface area contributed by atoms with Gasteiger partial charge in [-0.05, 0) is 53.2 Å². The smallest absolute Gasteiger partial charge is 0.246 e. The van der Waals surface area contributed by atoms with Crippen LogP contribution in [0.2, 0.25) is 0 Å². The molecule has 1 aromatic carbocycles. The Labute approximate surface area is 171 Å². The lowest BCUT2D eigenvalue weighted by atomic mass is 10.2. The maximum atomic E-state index is 13.6. The third kappa shape index (κ3) is 8.31. The lowest BCUT2D eigenvalue weighted by Crippen LogP contribution is -2.41. The van der Waals surface area contributed by atoms with Crippen LogP contribution in [0.3, 0.4) is 0 Å².